The predicted octanol–water partition coefficient (Wildman–Crippen LogP) is 2.60. The fourth-order valence-corrected chi connectivity index (χ4v) is 2.15. The molecule has 0 saturated heterocycles. The summed E-state index contributed by atoms with van der Waals surface area (Å²) in [6.07, 6.45) is 0. The van der Waals surface area contributed by atoms with Crippen LogP contribution < -0.4 is 5.73 Å². The molecule has 0 aliphatic rings. The molecule has 5 heteroatoms. The number of furan rings is 1. The Kier molecular flexibility index (Phi) is 2.24. The van der Waals surface area contributed by atoms with Gasteiger partial charge in [-0.05, 0) is 19.1 Å². The van der Waals surface area contributed by atoms with Crippen molar-refractivity contribution < 1.29 is 14.3 Å². The number of anilines is 1. The Morgan fingerprint density at radius 2 is 2.27 bits per heavy atom. The maximum atomic E-state index is 11.0. The number of hydrogen-bond acceptors (Lipinski definition) is 4. The first kappa shape index (κ1) is 9.79. The molecule has 2 aromatic rings. The van der Waals surface area contributed by atoms with Crippen LogP contribution in [0.1, 0.15) is 16.1 Å². The van der Waals surface area contributed by atoms with Crippen molar-refractivity contribution in [3.63, 3.8) is 0 Å². The number of rotatable bonds is 2. The quantitative estimate of drug-likeness (QED) is 0.820. The molecular weight excluding hydrogens is 214 g/mol. The van der Waals surface area contributed by atoms with Crippen LogP contribution in [0.5, 0.6) is 0 Å². The summed E-state index contributed by atoms with van der Waals surface area (Å²) in [6.45, 7) is 1.81. The Balaban J connectivity index is 2.58. The average Bonchev–Trinajstić information content (AvgIpc) is 2.71. The molecular formula is C10H9NO3S. The lowest BCUT2D eigenvalue weighted by molar-refractivity contribution is 0.0699. The first-order chi connectivity index (χ1) is 7.09. The van der Waals surface area contributed by atoms with Gasteiger partial charge in [0.25, 0.3) is 0 Å². The van der Waals surface area contributed by atoms with Gasteiger partial charge in [-0.1, -0.05) is 0 Å². The number of nitrogens with two attached hydrogens (primary N) is 1. The van der Waals surface area contributed by atoms with E-state index in [4.69, 9.17) is 15.3 Å². The van der Waals surface area contributed by atoms with E-state index in [9.17, 15) is 4.79 Å². The van der Waals surface area contributed by atoms with Gasteiger partial charge in [0.2, 0.25) is 0 Å². The van der Waals surface area contributed by atoms with Gasteiger partial charge in [-0.15, -0.1) is 11.3 Å². The highest BCUT2D eigenvalue weighted by molar-refractivity contribution is 7.14. The zero-order chi connectivity index (χ0) is 11.0. The third kappa shape index (κ3) is 1.61. The number of carbonyl (C=O) groups is 1. The fraction of sp³-hybridized carbons (Fsp3) is 0.100. The second kappa shape index (κ2) is 3.43. The summed E-state index contributed by atoms with van der Waals surface area (Å²) in [6, 6.07) is 3.53. The lowest BCUT2D eigenvalue weighted by Gasteiger charge is -1.96. The van der Waals surface area contributed by atoms with Crippen LogP contribution in [-0.2, 0) is 0 Å². The van der Waals surface area contributed by atoms with Gasteiger partial charge in [0.05, 0.1) is 0 Å². The van der Waals surface area contributed by atoms with E-state index >= 15 is 0 Å². The number of carboxylic acid groups (broad SMARTS) is 1. The molecule has 2 heterocycles. The minimum atomic E-state index is -1.03. The van der Waals surface area contributed by atoms with Crippen LogP contribution in [0.15, 0.2) is 21.9 Å². The van der Waals surface area contributed by atoms with E-state index in [1.165, 1.54) is 11.3 Å². The zero-order valence-corrected chi connectivity index (χ0v) is 8.80. The summed E-state index contributed by atoms with van der Waals surface area (Å²) in [4.78, 5) is 11.0. The van der Waals surface area contributed by atoms with E-state index in [0.29, 0.717) is 16.3 Å². The first-order valence-corrected chi connectivity index (χ1v) is 5.14. The maximum absolute atomic E-state index is 11.0. The first-order valence-electron chi connectivity index (χ1n) is 4.26. The highest BCUT2D eigenvalue weighted by Gasteiger charge is 2.19. The molecule has 0 radical (unpaired) electrons. The molecule has 0 aliphatic carbocycles. The van der Waals surface area contributed by atoms with Gasteiger partial charge in [-0.25, -0.2) is 4.79 Å². The van der Waals surface area contributed by atoms with Crippen LogP contribution >= 0.6 is 11.3 Å². The molecule has 0 aliphatic heterocycles. The van der Waals surface area contributed by atoms with Crippen molar-refractivity contribution in [3.8, 4) is 11.3 Å². The summed E-state index contributed by atoms with van der Waals surface area (Å²) in [5.41, 5.74) is 6.24. The van der Waals surface area contributed by atoms with Crippen molar-refractivity contribution in [3.05, 3.63) is 28.8 Å². The van der Waals surface area contributed by atoms with Crippen molar-refractivity contribution in [1.29, 1.82) is 0 Å². The minimum absolute atomic E-state index is 0.120. The molecule has 78 valence electrons. The molecule has 0 atom stereocenters. The average molecular weight is 223 g/mol. The van der Waals surface area contributed by atoms with Crippen molar-refractivity contribution in [2.75, 3.05) is 5.73 Å². The molecule has 0 bridgehead atoms. The fourth-order valence-electron chi connectivity index (χ4n) is 1.35. The lowest BCUT2D eigenvalue weighted by Crippen LogP contribution is -2.00. The van der Waals surface area contributed by atoms with Gasteiger partial charge in [0.15, 0.2) is 0 Å². The summed E-state index contributed by atoms with van der Waals surface area (Å²) in [7, 11) is 0. The third-order valence-corrected chi connectivity index (χ3v) is 2.85. The third-order valence-electron chi connectivity index (χ3n) is 2.04. The molecule has 15 heavy (non-hydrogen) atoms. The number of nitrogen functional groups attached to an aromatic ring is 1. The van der Waals surface area contributed by atoms with Crippen LogP contribution in [0.3, 0.4) is 0 Å². The topological polar surface area (TPSA) is 76.5 Å². The number of aromatic carboxylic acids is 1. The number of hydrogen-bond donors (Lipinski definition) is 2. The minimum Gasteiger partial charge on any atom is -0.478 e. The van der Waals surface area contributed by atoms with Crippen LogP contribution in [0.2, 0.25) is 0 Å². The van der Waals surface area contributed by atoms with E-state index in [1.807, 2.05) is 0 Å². The highest BCUT2D eigenvalue weighted by Crippen LogP contribution is 2.34. The second-order valence-electron chi connectivity index (χ2n) is 3.10. The van der Waals surface area contributed by atoms with E-state index in [1.54, 1.807) is 24.4 Å². The van der Waals surface area contributed by atoms with E-state index in [0.717, 1.165) is 5.76 Å². The summed E-state index contributed by atoms with van der Waals surface area (Å²) >= 11 is 1.20. The summed E-state index contributed by atoms with van der Waals surface area (Å²) in [5, 5.41) is 11.0. The van der Waals surface area contributed by atoms with Gasteiger partial charge in [0, 0.05) is 10.9 Å². The maximum Gasteiger partial charge on any atom is 0.339 e. The second-order valence-corrected chi connectivity index (χ2v) is 4.02. The largest absolute Gasteiger partial charge is 0.478 e. The summed E-state index contributed by atoms with van der Waals surface area (Å²) < 4.78 is 5.36. The van der Waals surface area contributed by atoms with Gasteiger partial charge in [-0.2, -0.15) is 0 Å². The van der Waals surface area contributed by atoms with Gasteiger partial charge in [-0.3, -0.25) is 0 Å². The smallest absolute Gasteiger partial charge is 0.339 e. The van der Waals surface area contributed by atoms with Crippen LogP contribution in [0.25, 0.3) is 11.3 Å². The van der Waals surface area contributed by atoms with Crippen molar-refractivity contribution in [2.24, 2.45) is 0 Å². The molecule has 0 fully saturated rings. The molecule has 0 saturated carbocycles. The monoisotopic (exact) mass is 223 g/mol. The zero-order valence-electron chi connectivity index (χ0n) is 7.98. The van der Waals surface area contributed by atoms with Crippen LogP contribution in [0.4, 0.5) is 5.00 Å². The lowest BCUT2D eigenvalue weighted by atomic mass is 10.1. The van der Waals surface area contributed by atoms with Crippen molar-refractivity contribution in [1.82, 2.24) is 0 Å². The highest BCUT2D eigenvalue weighted by atomic mass is 32.1. The molecule has 4 nitrogen and oxygen atoms in total. The van der Waals surface area contributed by atoms with E-state index in [2.05, 4.69) is 0 Å². The molecule has 0 spiro atoms. The van der Waals surface area contributed by atoms with Gasteiger partial charge >= 0.3 is 5.97 Å². The molecule has 0 amide bonds. The van der Waals surface area contributed by atoms with Crippen molar-refractivity contribution in [2.45, 2.75) is 6.92 Å². The van der Waals surface area contributed by atoms with Crippen LogP contribution in [0, 0.1) is 6.92 Å². The number of aryl methyl sites for hydroxylation is 1. The Hall–Kier alpha value is -1.75. The Morgan fingerprint density at radius 1 is 1.53 bits per heavy atom. The number of thiophene rings is 1. The normalized spacial score (nSPS) is 10.5. The number of carboxylic acids is 1. The standard InChI is InChI=1S/C10H9NO3S/c1-5-2-3-7(14-5)6-4-15-9(11)8(6)10(12)13/h2-4H,11H2,1H3,(H,12,13). The van der Waals surface area contributed by atoms with E-state index in [-0.39, 0.29) is 5.56 Å². The van der Waals surface area contributed by atoms with E-state index < -0.39 is 5.97 Å². The SMILES string of the molecule is Cc1ccc(-c2csc(N)c2C(=O)O)o1. The van der Waals surface area contributed by atoms with Gasteiger partial charge < -0.3 is 15.3 Å². The Bertz CT molecular complexity index is 512. The van der Waals surface area contributed by atoms with Crippen molar-refractivity contribution >= 4 is 22.3 Å². The molecule has 0 aromatic carbocycles. The molecule has 0 unspecified atom stereocenters. The summed E-state index contributed by atoms with van der Waals surface area (Å²) in [5.74, 6) is 0.252. The molecule has 2 rings (SSSR count). The Morgan fingerprint density at radius 3 is 2.80 bits per heavy atom. The Labute approximate surface area is 89.9 Å². The molecule has 3 N–H and O–H groups in total. The molecule has 2 aromatic heterocycles. The van der Waals surface area contributed by atoms with Gasteiger partial charge in [0.1, 0.15) is 22.1 Å². The predicted molar refractivity (Wildman–Crippen MR) is 58.1 cm³/mol. The van der Waals surface area contributed by atoms with Crippen LogP contribution in [-0.4, -0.2) is 11.1 Å².